The predicted molar refractivity (Wildman–Crippen MR) is 64.9 cm³/mol. The number of aromatic nitrogens is 4. The van der Waals surface area contributed by atoms with Crippen LogP contribution in [0.3, 0.4) is 0 Å². The van der Waals surface area contributed by atoms with Crippen LogP contribution in [0.2, 0.25) is 0 Å². The molecule has 0 spiro atoms. The fourth-order valence-corrected chi connectivity index (χ4v) is 2.29. The van der Waals surface area contributed by atoms with Crippen molar-refractivity contribution in [2.75, 3.05) is 6.54 Å². The van der Waals surface area contributed by atoms with Crippen LogP contribution >= 0.6 is 0 Å². The van der Waals surface area contributed by atoms with Crippen LogP contribution in [0, 0.1) is 20.8 Å². The lowest BCUT2D eigenvalue weighted by Crippen LogP contribution is -2.33. The molecule has 0 saturated heterocycles. The number of nitrogens with zero attached hydrogens (tertiary/aromatic N) is 5. The van der Waals surface area contributed by atoms with E-state index in [4.69, 9.17) is 4.42 Å². The monoisotopic (exact) mass is 247 g/mol. The van der Waals surface area contributed by atoms with E-state index in [9.17, 15) is 0 Å². The van der Waals surface area contributed by atoms with Gasteiger partial charge in [-0.05, 0) is 20.8 Å². The van der Waals surface area contributed by atoms with Crippen LogP contribution in [-0.4, -0.2) is 31.2 Å². The molecule has 0 unspecified atom stereocenters. The van der Waals surface area contributed by atoms with Gasteiger partial charge in [-0.1, -0.05) is 0 Å². The molecule has 0 radical (unpaired) electrons. The van der Waals surface area contributed by atoms with Gasteiger partial charge in [-0.25, -0.2) is 4.98 Å². The average Bonchev–Trinajstić information content (AvgIpc) is 2.84. The minimum Gasteiger partial charge on any atom is -0.444 e. The van der Waals surface area contributed by atoms with Gasteiger partial charge in [0.05, 0.1) is 18.8 Å². The second-order valence-corrected chi connectivity index (χ2v) is 4.77. The summed E-state index contributed by atoms with van der Waals surface area (Å²) in [5.74, 6) is 3.71. The first-order valence-electron chi connectivity index (χ1n) is 6.17. The van der Waals surface area contributed by atoms with E-state index < -0.39 is 0 Å². The quantitative estimate of drug-likeness (QED) is 0.798. The first kappa shape index (κ1) is 11.4. The van der Waals surface area contributed by atoms with Gasteiger partial charge >= 0.3 is 0 Å². The van der Waals surface area contributed by atoms with Crippen molar-refractivity contribution in [2.24, 2.45) is 0 Å². The molecule has 2 aromatic rings. The Bertz CT molecular complexity index is 552. The molecule has 0 aliphatic carbocycles. The molecule has 6 nitrogen and oxygen atoms in total. The maximum atomic E-state index is 5.61. The first-order chi connectivity index (χ1) is 8.63. The number of hydrogen-bond acceptors (Lipinski definition) is 5. The summed E-state index contributed by atoms with van der Waals surface area (Å²) in [5, 5.41) is 8.30. The van der Waals surface area contributed by atoms with E-state index in [-0.39, 0.29) is 0 Å². The molecule has 3 rings (SSSR count). The van der Waals surface area contributed by atoms with Gasteiger partial charge < -0.3 is 8.98 Å². The molecule has 1 aliphatic rings. The molecule has 0 aromatic carbocycles. The van der Waals surface area contributed by atoms with Gasteiger partial charge in [-0.2, -0.15) is 0 Å². The molecule has 0 bridgehead atoms. The third kappa shape index (κ3) is 1.92. The van der Waals surface area contributed by atoms with Crippen LogP contribution in [0.25, 0.3) is 0 Å². The van der Waals surface area contributed by atoms with Gasteiger partial charge in [0.2, 0.25) is 5.89 Å². The minimum absolute atomic E-state index is 0.737. The molecule has 1 aliphatic heterocycles. The zero-order valence-corrected chi connectivity index (χ0v) is 11.0. The van der Waals surface area contributed by atoms with Gasteiger partial charge in [0.25, 0.3) is 0 Å². The highest BCUT2D eigenvalue weighted by molar-refractivity contribution is 5.05. The Morgan fingerprint density at radius 1 is 1.17 bits per heavy atom. The summed E-state index contributed by atoms with van der Waals surface area (Å²) in [6.45, 7) is 9.37. The molecule has 0 N–H and O–H groups in total. The molecule has 6 heteroatoms. The van der Waals surface area contributed by atoms with E-state index >= 15 is 0 Å². The molecule has 18 heavy (non-hydrogen) atoms. The van der Waals surface area contributed by atoms with E-state index in [1.165, 1.54) is 0 Å². The number of oxazole rings is 1. The van der Waals surface area contributed by atoms with Crippen molar-refractivity contribution >= 4 is 0 Å². The number of fused-ring (bicyclic) bond motifs is 1. The van der Waals surface area contributed by atoms with Crippen LogP contribution in [0.5, 0.6) is 0 Å². The van der Waals surface area contributed by atoms with E-state index in [1.54, 1.807) is 0 Å². The van der Waals surface area contributed by atoms with Crippen molar-refractivity contribution < 1.29 is 4.42 Å². The smallest absolute Gasteiger partial charge is 0.208 e. The van der Waals surface area contributed by atoms with Gasteiger partial charge in [-0.3, -0.25) is 4.90 Å². The second-order valence-electron chi connectivity index (χ2n) is 4.77. The van der Waals surface area contributed by atoms with Crippen LogP contribution in [0.15, 0.2) is 4.42 Å². The van der Waals surface area contributed by atoms with Gasteiger partial charge in [-0.15, -0.1) is 10.2 Å². The van der Waals surface area contributed by atoms with Crippen LogP contribution in [0.1, 0.15) is 29.0 Å². The average molecular weight is 247 g/mol. The van der Waals surface area contributed by atoms with Crippen molar-refractivity contribution in [1.82, 2.24) is 24.6 Å². The summed E-state index contributed by atoms with van der Waals surface area (Å²) in [5.41, 5.74) is 0.973. The number of rotatable bonds is 2. The molecule has 0 fully saturated rings. The van der Waals surface area contributed by atoms with Crippen molar-refractivity contribution in [3.8, 4) is 0 Å². The Morgan fingerprint density at radius 2 is 2.00 bits per heavy atom. The zero-order chi connectivity index (χ0) is 12.7. The fourth-order valence-electron chi connectivity index (χ4n) is 2.29. The number of aryl methyl sites for hydroxylation is 3. The highest BCUT2D eigenvalue weighted by Crippen LogP contribution is 2.16. The summed E-state index contributed by atoms with van der Waals surface area (Å²) in [4.78, 5) is 6.70. The van der Waals surface area contributed by atoms with E-state index in [2.05, 4.69) is 24.6 Å². The summed E-state index contributed by atoms with van der Waals surface area (Å²) in [7, 11) is 0. The molecule has 96 valence electrons. The topological polar surface area (TPSA) is 60.0 Å². The Labute approximate surface area is 106 Å². The van der Waals surface area contributed by atoms with Crippen LogP contribution < -0.4 is 0 Å². The lowest BCUT2D eigenvalue weighted by atomic mass is 10.3. The molecule has 0 atom stereocenters. The molecular weight excluding hydrogens is 230 g/mol. The normalized spacial score (nSPS) is 15.9. The zero-order valence-electron chi connectivity index (χ0n) is 11.0. The van der Waals surface area contributed by atoms with Crippen molar-refractivity contribution in [3.05, 3.63) is 29.0 Å². The maximum absolute atomic E-state index is 5.61. The summed E-state index contributed by atoms with van der Waals surface area (Å²) in [6.07, 6.45) is 0. The first-order valence-corrected chi connectivity index (χ1v) is 6.17. The molecule has 0 amide bonds. The fraction of sp³-hybridized carbons (Fsp3) is 0.583. The Hall–Kier alpha value is -1.69. The van der Waals surface area contributed by atoms with Gasteiger partial charge in [0.1, 0.15) is 17.4 Å². The van der Waals surface area contributed by atoms with Gasteiger partial charge in [0, 0.05) is 13.1 Å². The Balaban J connectivity index is 1.73. The highest BCUT2D eigenvalue weighted by Gasteiger charge is 2.21. The summed E-state index contributed by atoms with van der Waals surface area (Å²) < 4.78 is 7.78. The maximum Gasteiger partial charge on any atom is 0.208 e. The highest BCUT2D eigenvalue weighted by atomic mass is 16.4. The van der Waals surface area contributed by atoms with E-state index in [0.29, 0.717) is 0 Å². The molecular formula is C12H17N5O. The third-order valence-electron chi connectivity index (χ3n) is 3.45. The summed E-state index contributed by atoms with van der Waals surface area (Å²) in [6, 6.07) is 0. The van der Waals surface area contributed by atoms with Crippen LogP contribution in [-0.2, 0) is 19.6 Å². The van der Waals surface area contributed by atoms with Crippen molar-refractivity contribution in [2.45, 2.75) is 40.4 Å². The Morgan fingerprint density at radius 3 is 2.72 bits per heavy atom. The van der Waals surface area contributed by atoms with Crippen LogP contribution in [0.4, 0.5) is 0 Å². The Kier molecular flexibility index (Phi) is 2.66. The second kappa shape index (κ2) is 4.20. The van der Waals surface area contributed by atoms with Crippen molar-refractivity contribution in [1.29, 1.82) is 0 Å². The minimum atomic E-state index is 0.737. The third-order valence-corrected chi connectivity index (χ3v) is 3.45. The van der Waals surface area contributed by atoms with E-state index in [1.807, 2.05) is 20.8 Å². The molecule has 2 aromatic heterocycles. The largest absolute Gasteiger partial charge is 0.444 e. The molecule has 3 heterocycles. The van der Waals surface area contributed by atoms with E-state index in [0.717, 1.165) is 55.2 Å². The lowest BCUT2D eigenvalue weighted by molar-refractivity contribution is 0.188. The summed E-state index contributed by atoms with van der Waals surface area (Å²) >= 11 is 0. The van der Waals surface area contributed by atoms with Gasteiger partial charge in [0.15, 0.2) is 0 Å². The SMILES string of the molecule is Cc1nc(CN2CCn3c(C)nnc3C2)oc1C. The number of hydrogen-bond donors (Lipinski definition) is 0. The predicted octanol–water partition coefficient (Wildman–Crippen LogP) is 1.21. The van der Waals surface area contributed by atoms with Crippen molar-refractivity contribution in [3.63, 3.8) is 0 Å². The standard InChI is InChI=1S/C12H17N5O/c1-8-9(2)18-12(13-8)7-16-4-5-17-10(3)14-15-11(17)6-16/h4-7H2,1-3H3. The lowest BCUT2D eigenvalue weighted by Gasteiger charge is -2.26. The molecule has 0 saturated carbocycles.